The van der Waals surface area contributed by atoms with Crippen molar-refractivity contribution in [2.24, 2.45) is 0 Å². The van der Waals surface area contributed by atoms with Crippen molar-refractivity contribution in [1.29, 1.82) is 0 Å². The fourth-order valence-corrected chi connectivity index (χ4v) is 2.92. The number of methoxy groups -OCH3 is 1. The summed E-state index contributed by atoms with van der Waals surface area (Å²) in [6.45, 7) is 3.60. The van der Waals surface area contributed by atoms with Gasteiger partial charge in [0, 0.05) is 18.8 Å². The molecule has 0 saturated carbocycles. The van der Waals surface area contributed by atoms with E-state index in [-0.39, 0.29) is 17.7 Å². The highest BCUT2D eigenvalue weighted by atomic mass is 32.2. The lowest BCUT2D eigenvalue weighted by Crippen LogP contribution is -2.36. The van der Waals surface area contributed by atoms with Crippen molar-refractivity contribution in [3.63, 3.8) is 0 Å². The molecule has 22 heavy (non-hydrogen) atoms. The molecule has 0 unspecified atom stereocenters. The second kappa shape index (κ2) is 7.93. The predicted molar refractivity (Wildman–Crippen MR) is 85.4 cm³/mol. The number of rotatable bonds is 7. The van der Waals surface area contributed by atoms with Crippen LogP contribution in [0.4, 0.5) is 4.79 Å². The second-order valence-corrected chi connectivity index (χ2v) is 5.78. The van der Waals surface area contributed by atoms with Crippen molar-refractivity contribution in [3.05, 3.63) is 23.8 Å². The molecule has 2 rings (SSSR count). The first-order valence-electron chi connectivity index (χ1n) is 7.12. The van der Waals surface area contributed by atoms with Crippen LogP contribution in [0.3, 0.4) is 0 Å². The fraction of sp³-hybridized carbons (Fsp3) is 0.467. The Morgan fingerprint density at radius 2 is 2.23 bits per heavy atom. The molecule has 6 nitrogen and oxygen atoms in total. The standard InChI is InChI=1S/C15H20N2O4S/c1-3-21-12-5-4-11(8-13(12)20-2)9-16-14(18)10-17-6-7-22-15(17)19/h4-5,8H,3,6-7,9-10H2,1-2H3,(H,16,18). The molecule has 1 heterocycles. The van der Waals surface area contributed by atoms with Crippen LogP contribution in [-0.2, 0) is 11.3 Å². The average molecular weight is 324 g/mol. The molecule has 0 atom stereocenters. The third kappa shape index (κ3) is 4.30. The highest BCUT2D eigenvalue weighted by Crippen LogP contribution is 2.27. The largest absolute Gasteiger partial charge is 0.493 e. The third-order valence-electron chi connectivity index (χ3n) is 3.20. The molecule has 1 aromatic carbocycles. The summed E-state index contributed by atoms with van der Waals surface area (Å²) in [4.78, 5) is 24.9. The summed E-state index contributed by atoms with van der Waals surface area (Å²) in [5.74, 6) is 1.91. The second-order valence-electron chi connectivity index (χ2n) is 4.73. The first kappa shape index (κ1) is 16.5. The monoisotopic (exact) mass is 324 g/mol. The van der Waals surface area contributed by atoms with E-state index in [9.17, 15) is 9.59 Å². The van der Waals surface area contributed by atoms with Crippen LogP contribution < -0.4 is 14.8 Å². The molecule has 1 fully saturated rings. The van der Waals surface area contributed by atoms with Crippen molar-refractivity contribution in [2.75, 3.05) is 32.6 Å². The molecular formula is C15H20N2O4S. The predicted octanol–water partition coefficient (Wildman–Crippen LogP) is 1.88. The number of hydrogen-bond donors (Lipinski definition) is 1. The summed E-state index contributed by atoms with van der Waals surface area (Å²) in [6.07, 6.45) is 0. The van der Waals surface area contributed by atoms with Crippen LogP contribution >= 0.6 is 11.8 Å². The number of amides is 2. The number of thioether (sulfide) groups is 1. The van der Waals surface area contributed by atoms with Gasteiger partial charge in [0.15, 0.2) is 11.5 Å². The van der Waals surface area contributed by atoms with Gasteiger partial charge in [0.25, 0.3) is 5.24 Å². The van der Waals surface area contributed by atoms with Crippen molar-refractivity contribution >= 4 is 22.9 Å². The molecule has 0 aliphatic carbocycles. The Morgan fingerprint density at radius 1 is 1.41 bits per heavy atom. The summed E-state index contributed by atoms with van der Waals surface area (Å²) < 4.78 is 10.7. The van der Waals surface area contributed by atoms with Crippen LogP contribution in [0.1, 0.15) is 12.5 Å². The number of nitrogens with one attached hydrogen (secondary N) is 1. The first-order chi connectivity index (χ1) is 10.6. The van der Waals surface area contributed by atoms with E-state index in [2.05, 4.69) is 5.32 Å². The molecular weight excluding hydrogens is 304 g/mol. The van der Waals surface area contributed by atoms with Gasteiger partial charge in [-0.1, -0.05) is 17.8 Å². The topological polar surface area (TPSA) is 67.9 Å². The lowest BCUT2D eigenvalue weighted by atomic mass is 10.2. The lowest BCUT2D eigenvalue weighted by Gasteiger charge is -2.15. The van der Waals surface area contributed by atoms with E-state index in [1.807, 2.05) is 25.1 Å². The van der Waals surface area contributed by atoms with E-state index in [1.165, 1.54) is 11.8 Å². The van der Waals surface area contributed by atoms with Crippen LogP contribution in [0.5, 0.6) is 11.5 Å². The highest BCUT2D eigenvalue weighted by Gasteiger charge is 2.22. The molecule has 0 radical (unpaired) electrons. The van der Waals surface area contributed by atoms with Gasteiger partial charge in [-0.15, -0.1) is 0 Å². The lowest BCUT2D eigenvalue weighted by molar-refractivity contribution is -0.121. The zero-order chi connectivity index (χ0) is 15.9. The molecule has 1 N–H and O–H groups in total. The Morgan fingerprint density at radius 3 is 2.86 bits per heavy atom. The summed E-state index contributed by atoms with van der Waals surface area (Å²) in [5.41, 5.74) is 0.913. The maximum atomic E-state index is 11.9. The Labute approximate surface area is 134 Å². The van der Waals surface area contributed by atoms with Crippen LogP contribution in [0, 0.1) is 0 Å². The van der Waals surface area contributed by atoms with Crippen molar-refractivity contribution in [3.8, 4) is 11.5 Å². The summed E-state index contributed by atoms with van der Waals surface area (Å²) >= 11 is 1.25. The minimum Gasteiger partial charge on any atom is -0.493 e. The van der Waals surface area contributed by atoms with Crippen LogP contribution in [0.25, 0.3) is 0 Å². The van der Waals surface area contributed by atoms with Crippen molar-refractivity contribution in [2.45, 2.75) is 13.5 Å². The van der Waals surface area contributed by atoms with Gasteiger partial charge < -0.3 is 19.7 Å². The zero-order valence-corrected chi connectivity index (χ0v) is 13.6. The normalized spacial score (nSPS) is 14.1. The minimum absolute atomic E-state index is 0.0297. The molecule has 1 saturated heterocycles. The molecule has 7 heteroatoms. The Hall–Kier alpha value is -1.89. The van der Waals surface area contributed by atoms with E-state index in [0.717, 1.165) is 11.3 Å². The van der Waals surface area contributed by atoms with Gasteiger partial charge in [-0.05, 0) is 24.6 Å². The Kier molecular flexibility index (Phi) is 5.94. The zero-order valence-electron chi connectivity index (χ0n) is 12.8. The minimum atomic E-state index is -0.163. The summed E-state index contributed by atoms with van der Waals surface area (Å²) in [7, 11) is 1.58. The number of carbonyl (C=O) groups is 2. The molecule has 0 bridgehead atoms. The molecule has 1 aromatic rings. The third-order valence-corrected chi connectivity index (χ3v) is 4.09. The summed E-state index contributed by atoms with van der Waals surface area (Å²) in [6, 6.07) is 5.54. The van der Waals surface area contributed by atoms with Gasteiger partial charge in [0.05, 0.1) is 13.7 Å². The highest BCUT2D eigenvalue weighted by molar-refractivity contribution is 8.13. The first-order valence-corrected chi connectivity index (χ1v) is 8.10. The average Bonchev–Trinajstić information content (AvgIpc) is 2.91. The van der Waals surface area contributed by atoms with Gasteiger partial charge in [-0.3, -0.25) is 9.59 Å². The molecule has 0 spiro atoms. The van der Waals surface area contributed by atoms with Gasteiger partial charge in [-0.2, -0.15) is 0 Å². The van der Waals surface area contributed by atoms with E-state index >= 15 is 0 Å². The molecule has 1 aliphatic heterocycles. The van der Waals surface area contributed by atoms with E-state index in [1.54, 1.807) is 12.0 Å². The quantitative estimate of drug-likeness (QED) is 0.829. The number of benzene rings is 1. The molecule has 0 aromatic heterocycles. The van der Waals surface area contributed by atoms with Crippen LogP contribution in [0.15, 0.2) is 18.2 Å². The smallest absolute Gasteiger partial charge is 0.282 e. The van der Waals surface area contributed by atoms with Crippen molar-refractivity contribution < 1.29 is 19.1 Å². The van der Waals surface area contributed by atoms with Gasteiger partial charge in [-0.25, -0.2) is 0 Å². The van der Waals surface area contributed by atoms with Crippen LogP contribution in [-0.4, -0.2) is 48.6 Å². The van der Waals surface area contributed by atoms with E-state index in [4.69, 9.17) is 9.47 Å². The van der Waals surface area contributed by atoms with E-state index < -0.39 is 0 Å². The number of carbonyl (C=O) groups excluding carboxylic acids is 2. The number of ether oxygens (including phenoxy) is 2. The fourth-order valence-electron chi connectivity index (χ4n) is 2.10. The van der Waals surface area contributed by atoms with Crippen molar-refractivity contribution in [1.82, 2.24) is 10.2 Å². The Balaban J connectivity index is 1.88. The summed E-state index contributed by atoms with van der Waals surface area (Å²) in [5, 5.41) is 2.78. The molecule has 2 amide bonds. The van der Waals surface area contributed by atoms with Gasteiger partial charge in [0.2, 0.25) is 5.91 Å². The maximum absolute atomic E-state index is 11.9. The number of hydrogen-bond acceptors (Lipinski definition) is 5. The Bertz CT molecular complexity index is 550. The molecule has 120 valence electrons. The maximum Gasteiger partial charge on any atom is 0.282 e. The van der Waals surface area contributed by atoms with E-state index in [0.29, 0.717) is 31.2 Å². The van der Waals surface area contributed by atoms with Gasteiger partial charge in [0.1, 0.15) is 6.54 Å². The van der Waals surface area contributed by atoms with Crippen LogP contribution in [0.2, 0.25) is 0 Å². The number of nitrogens with zero attached hydrogens (tertiary/aromatic N) is 1. The van der Waals surface area contributed by atoms with Gasteiger partial charge >= 0.3 is 0 Å². The molecule has 1 aliphatic rings. The SMILES string of the molecule is CCOc1ccc(CNC(=O)CN2CCSC2=O)cc1OC.